The molecule has 3 aromatic carbocycles. The minimum Gasteiger partial charge on any atom is -0.496 e. The van der Waals surface area contributed by atoms with E-state index >= 15 is 0 Å². The van der Waals surface area contributed by atoms with E-state index in [1.54, 1.807) is 18.4 Å². The quantitative estimate of drug-likeness (QED) is 0.201. The Labute approximate surface area is 236 Å². The molecule has 0 spiro atoms. The van der Waals surface area contributed by atoms with Crippen molar-refractivity contribution >= 4 is 28.9 Å². The van der Waals surface area contributed by atoms with Crippen LogP contribution in [0.1, 0.15) is 67.8 Å². The Hall–Kier alpha value is -3.37. The molecular weight excluding hydrogens is 508 g/mol. The first kappa shape index (κ1) is 27.2. The van der Waals surface area contributed by atoms with Crippen LogP contribution in [-0.2, 0) is 14.3 Å². The van der Waals surface area contributed by atoms with Gasteiger partial charge in [0, 0.05) is 11.4 Å². The van der Waals surface area contributed by atoms with E-state index in [0.717, 1.165) is 42.4 Å². The third-order valence-electron chi connectivity index (χ3n) is 8.03. The number of fused-ring (bicyclic) bond motifs is 1. The van der Waals surface area contributed by atoms with Crippen molar-refractivity contribution in [2.45, 2.75) is 64.1 Å². The summed E-state index contributed by atoms with van der Waals surface area (Å²) in [5.41, 5.74) is 4.10. The summed E-state index contributed by atoms with van der Waals surface area (Å²) in [7, 11) is 0. The summed E-state index contributed by atoms with van der Waals surface area (Å²) in [5, 5.41) is 0.630. The van der Waals surface area contributed by atoms with Crippen LogP contribution in [0.25, 0.3) is 16.7 Å². The molecule has 0 bridgehead atoms. The van der Waals surface area contributed by atoms with Gasteiger partial charge in [0.2, 0.25) is 0 Å². The van der Waals surface area contributed by atoms with Crippen molar-refractivity contribution in [2.75, 3.05) is 0 Å². The molecule has 4 atom stereocenters. The van der Waals surface area contributed by atoms with Crippen LogP contribution < -0.4 is 0 Å². The second-order valence-corrected chi connectivity index (χ2v) is 11.1. The Morgan fingerprint density at radius 2 is 1.56 bits per heavy atom. The molecule has 1 fully saturated rings. The highest BCUT2D eigenvalue weighted by molar-refractivity contribution is 6.30. The van der Waals surface area contributed by atoms with E-state index in [9.17, 15) is 9.59 Å². The molecule has 0 N–H and O–H groups in total. The summed E-state index contributed by atoms with van der Waals surface area (Å²) in [5.74, 6) is -0.339. The molecule has 1 saturated carbocycles. The zero-order valence-electron chi connectivity index (χ0n) is 22.4. The van der Waals surface area contributed by atoms with Gasteiger partial charge in [-0.3, -0.25) is 4.79 Å². The van der Waals surface area contributed by atoms with Gasteiger partial charge in [-0.25, -0.2) is 4.79 Å². The average molecular weight is 543 g/mol. The number of unbranched alkanes of at least 4 members (excludes halogenated alkanes) is 3. The zero-order chi connectivity index (χ0) is 27.2. The summed E-state index contributed by atoms with van der Waals surface area (Å²) < 4.78 is 12.3. The molecule has 2 aliphatic rings. The van der Waals surface area contributed by atoms with Crippen LogP contribution in [0, 0.1) is 11.8 Å². The first-order valence-electron chi connectivity index (χ1n) is 14.1. The van der Waals surface area contributed by atoms with Gasteiger partial charge in [-0.15, -0.1) is 0 Å². The van der Waals surface area contributed by atoms with Gasteiger partial charge >= 0.3 is 5.97 Å². The summed E-state index contributed by atoms with van der Waals surface area (Å²) in [6.45, 7) is 2.20. The molecule has 0 saturated heterocycles. The number of rotatable bonds is 9. The number of ketones is 1. The Balaban J connectivity index is 1.30. The van der Waals surface area contributed by atoms with E-state index in [4.69, 9.17) is 21.1 Å². The van der Waals surface area contributed by atoms with Crippen molar-refractivity contribution in [3.63, 3.8) is 0 Å². The maximum atomic E-state index is 13.6. The van der Waals surface area contributed by atoms with Gasteiger partial charge in [0.25, 0.3) is 0 Å². The molecule has 1 aliphatic heterocycles. The second-order valence-electron chi connectivity index (χ2n) is 10.7. The summed E-state index contributed by atoms with van der Waals surface area (Å²) in [4.78, 5) is 26.8. The standard InChI is InChI=1S/C34H35ClO4/c1-2-3-4-6-11-27-20-29-32(38-22-30(33(29)36)25-16-18-28(35)19-17-25)21-31(27)39-34(37)26-14-12-24(13-15-26)23-9-7-5-8-10-23/h5,7-10,12-19,22,27,29,31-32H,2-4,6,11,20-21H2,1H3. The number of Topliss-reactive ketones (excluding diaryl/α,β-unsaturated/α-hetero) is 1. The highest BCUT2D eigenvalue weighted by Gasteiger charge is 2.45. The van der Waals surface area contributed by atoms with E-state index in [1.807, 2.05) is 66.7 Å². The van der Waals surface area contributed by atoms with Gasteiger partial charge in [-0.1, -0.05) is 98.8 Å². The van der Waals surface area contributed by atoms with E-state index in [1.165, 1.54) is 6.42 Å². The van der Waals surface area contributed by atoms with E-state index in [2.05, 4.69) is 6.92 Å². The van der Waals surface area contributed by atoms with Crippen LogP contribution in [0.15, 0.2) is 85.1 Å². The third-order valence-corrected chi connectivity index (χ3v) is 8.28. The van der Waals surface area contributed by atoms with Gasteiger partial charge in [-0.2, -0.15) is 0 Å². The van der Waals surface area contributed by atoms with Gasteiger partial charge in [-0.05, 0) is 59.7 Å². The van der Waals surface area contributed by atoms with Crippen molar-refractivity contribution in [2.24, 2.45) is 11.8 Å². The number of halogens is 1. The number of ether oxygens (including phenoxy) is 2. The SMILES string of the molecule is CCCCCCC1CC2C(=O)C(c3ccc(Cl)cc3)=COC2CC1OC(=O)c1ccc(-c2ccccc2)cc1. The second kappa shape index (κ2) is 12.7. The monoisotopic (exact) mass is 542 g/mol. The Morgan fingerprint density at radius 1 is 0.872 bits per heavy atom. The maximum absolute atomic E-state index is 13.6. The van der Waals surface area contributed by atoms with Crippen molar-refractivity contribution in [3.8, 4) is 11.1 Å². The molecule has 5 rings (SSSR count). The van der Waals surface area contributed by atoms with Crippen LogP contribution in [0.5, 0.6) is 0 Å². The summed E-state index contributed by atoms with van der Waals surface area (Å²) in [6, 6.07) is 24.9. The fourth-order valence-corrected chi connectivity index (χ4v) is 5.94. The maximum Gasteiger partial charge on any atom is 0.338 e. The number of benzene rings is 3. The van der Waals surface area contributed by atoms with Crippen molar-refractivity contribution in [3.05, 3.63) is 101 Å². The number of allylic oxidation sites excluding steroid dienone is 1. The van der Waals surface area contributed by atoms with E-state index in [-0.39, 0.29) is 35.8 Å². The zero-order valence-corrected chi connectivity index (χ0v) is 23.1. The predicted octanol–water partition coefficient (Wildman–Crippen LogP) is 8.54. The Morgan fingerprint density at radius 3 is 2.28 bits per heavy atom. The van der Waals surface area contributed by atoms with Crippen LogP contribution in [0.3, 0.4) is 0 Å². The minimum absolute atomic E-state index is 0.105. The molecule has 39 heavy (non-hydrogen) atoms. The predicted molar refractivity (Wildman–Crippen MR) is 155 cm³/mol. The fourth-order valence-electron chi connectivity index (χ4n) is 5.81. The minimum atomic E-state index is -0.323. The summed E-state index contributed by atoms with van der Waals surface area (Å²) >= 11 is 6.05. The third kappa shape index (κ3) is 6.45. The van der Waals surface area contributed by atoms with Gasteiger partial charge < -0.3 is 9.47 Å². The molecule has 5 heteroatoms. The van der Waals surface area contributed by atoms with Crippen LogP contribution in [-0.4, -0.2) is 24.0 Å². The molecular formula is C34H35ClO4. The summed E-state index contributed by atoms with van der Waals surface area (Å²) in [6.07, 6.45) is 7.66. The highest BCUT2D eigenvalue weighted by atomic mass is 35.5. The average Bonchev–Trinajstić information content (AvgIpc) is 2.97. The fraction of sp³-hybridized carbons (Fsp3) is 0.353. The lowest BCUT2D eigenvalue weighted by Crippen LogP contribution is -2.46. The molecule has 0 amide bonds. The molecule has 0 aromatic heterocycles. The molecule has 4 unspecified atom stereocenters. The van der Waals surface area contributed by atoms with Crippen LogP contribution in [0.4, 0.5) is 0 Å². The molecule has 4 nitrogen and oxygen atoms in total. The molecule has 3 aromatic rings. The first-order valence-corrected chi connectivity index (χ1v) is 14.4. The van der Waals surface area contributed by atoms with Gasteiger partial charge in [0.1, 0.15) is 12.2 Å². The number of esters is 1. The van der Waals surface area contributed by atoms with Crippen molar-refractivity contribution < 1.29 is 19.1 Å². The van der Waals surface area contributed by atoms with Gasteiger partial charge in [0.15, 0.2) is 5.78 Å². The Bertz CT molecular complexity index is 1300. The van der Waals surface area contributed by atoms with Crippen LogP contribution >= 0.6 is 11.6 Å². The van der Waals surface area contributed by atoms with Crippen molar-refractivity contribution in [1.82, 2.24) is 0 Å². The number of carbonyl (C=O) groups excluding carboxylic acids is 2. The van der Waals surface area contributed by atoms with Crippen molar-refractivity contribution in [1.29, 1.82) is 0 Å². The normalized spacial score (nSPS) is 22.4. The molecule has 0 radical (unpaired) electrons. The van der Waals surface area contributed by atoms with Gasteiger partial charge in [0.05, 0.1) is 23.3 Å². The largest absolute Gasteiger partial charge is 0.496 e. The number of carbonyl (C=O) groups is 2. The highest BCUT2D eigenvalue weighted by Crippen LogP contribution is 2.42. The molecule has 1 aliphatic carbocycles. The van der Waals surface area contributed by atoms with E-state index < -0.39 is 0 Å². The van der Waals surface area contributed by atoms with E-state index in [0.29, 0.717) is 29.0 Å². The first-order chi connectivity index (χ1) is 19.0. The molecule has 202 valence electrons. The number of hydrogen-bond acceptors (Lipinski definition) is 4. The lowest BCUT2D eigenvalue weighted by molar-refractivity contribution is -0.129. The smallest absolute Gasteiger partial charge is 0.338 e. The topological polar surface area (TPSA) is 52.6 Å². The lowest BCUT2D eigenvalue weighted by atomic mass is 9.71. The Kier molecular flexibility index (Phi) is 8.83. The molecule has 1 heterocycles. The lowest BCUT2D eigenvalue weighted by Gasteiger charge is -2.42. The van der Waals surface area contributed by atoms with Crippen LogP contribution in [0.2, 0.25) is 5.02 Å². The number of hydrogen-bond donors (Lipinski definition) is 0.